The summed E-state index contributed by atoms with van der Waals surface area (Å²) in [6.07, 6.45) is 6.62. The molecule has 1 aromatic heterocycles. The van der Waals surface area contributed by atoms with Gasteiger partial charge in [0.25, 0.3) is 0 Å². The van der Waals surface area contributed by atoms with Crippen molar-refractivity contribution in [3.8, 4) is 0 Å². The fraction of sp³-hybridized carbons (Fsp3) is 0.192. The van der Waals surface area contributed by atoms with Crippen molar-refractivity contribution in [3.05, 3.63) is 87.9 Å². The molecule has 0 aliphatic rings. The van der Waals surface area contributed by atoms with Gasteiger partial charge >= 0.3 is 0 Å². The molecule has 1 atom stereocenters. The number of allylic oxidation sites excluding steroid dienone is 1. The standard InChI is InChI=1S/C26H30N6O2S2/c1-3-7-21-23(4-2)35-26(30-21)22(15-17-8-5-9-18(14-17)25(28)31-34)32-36-20-11-6-10-19(16-20)29-24(33)12-13-27/h3-11,14,16,22,32,34H,2,12-13,15,27H2,1H3,(H2,28,31)(H,29,33)/b7-3-. The Morgan fingerprint density at radius 2 is 2.11 bits per heavy atom. The number of rotatable bonds is 12. The van der Waals surface area contributed by atoms with Crippen LogP contribution in [0, 0.1) is 0 Å². The number of nitrogens with zero attached hydrogens (tertiary/aromatic N) is 2. The van der Waals surface area contributed by atoms with Gasteiger partial charge in [0, 0.05) is 29.1 Å². The number of amidine groups is 1. The van der Waals surface area contributed by atoms with E-state index in [4.69, 9.17) is 21.7 Å². The quantitative estimate of drug-likeness (QED) is 0.0758. The van der Waals surface area contributed by atoms with E-state index < -0.39 is 0 Å². The minimum Gasteiger partial charge on any atom is -0.409 e. The Bertz CT molecular complexity index is 1250. The molecule has 0 spiro atoms. The highest BCUT2D eigenvalue weighted by Crippen LogP contribution is 2.31. The highest BCUT2D eigenvalue weighted by Gasteiger charge is 2.19. The summed E-state index contributed by atoms with van der Waals surface area (Å²) >= 11 is 3.04. The summed E-state index contributed by atoms with van der Waals surface area (Å²) in [5.74, 6) is -0.0601. The first-order valence-electron chi connectivity index (χ1n) is 11.3. The number of thiazole rings is 1. The molecular formula is C26H30N6O2S2. The summed E-state index contributed by atoms with van der Waals surface area (Å²) in [6.45, 7) is 6.18. The SMILES string of the molecule is C=Cc1sc(C(Cc2cccc(/C(N)=N\O)c2)NSc2cccc(NC(=O)CCN)c2)nc1/C=C\C. The lowest BCUT2D eigenvalue weighted by molar-refractivity contribution is -0.116. The van der Waals surface area contributed by atoms with Gasteiger partial charge in [-0.2, -0.15) is 0 Å². The van der Waals surface area contributed by atoms with E-state index in [0.29, 0.717) is 24.2 Å². The van der Waals surface area contributed by atoms with Crippen molar-refractivity contribution in [2.45, 2.75) is 30.7 Å². The third kappa shape index (κ3) is 7.53. The molecule has 0 aliphatic carbocycles. The molecule has 10 heteroatoms. The summed E-state index contributed by atoms with van der Waals surface area (Å²) in [7, 11) is 0. The third-order valence-corrected chi connectivity index (χ3v) is 7.16. The summed E-state index contributed by atoms with van der Waals surface area (Å²) < 4.78 is 3.54. The number of anilines is 1. The van der Waals surface area contributed by atoms with E-state index in [1.54, 1.807) is 17.4 Å². The normalized spacial score (nSPS) is 12.6. The number of carbonyl (C=O) groups is 1. The fourth-order valence-electron chi connectivity index (χ4n) is 3.40. The molecule has 0 saturated heterocycles. The molecule has 8 nitrogen and oxygen atoms in total. The topological polar surface area (TPSA) is 139 Å². The van der Waals surface area contributed by atoms with Crippen LogP contribution in [0.2, 0.25) is 0 Å². The predicted octanol–water partition coefficient (Wildman–Crippen LogP) is 4.78. The first-order valence-corrected chi connectivity index (χ1v) is 13.0. The number of aromatic nitrogens is 1. The maximum atomic E-state index is 11.9. The zero-order valence-electron chi connectivity index (χ0n) is 20.0. The van der Waals surface area contributed by atoms with E-state index in [9.17, 15) is 4.79 Å². The molecule has 1 heterocycles. The molecule has 1 amide bonds. The van der Waals surface area contributed by atoms with Crippen LogP contribution in [0.5, 0.6) is 0 Å². The Morgan fingerprint density at radius 3 is 2.83 bits per heavy atom. The second-order valence-electron chi connectivity index (χ2n) is 7.78. The van der Waals surface area contributed by atoms with Crippen LogP contribution in [0.4, 0.5) is 5.69 Å². The van der Waals surface area contributed by atoms with E-state index in [-0.39, 0.29) is 24.2 Å². The van der Waals surface area contributed by atoms with Crippen LogP contribution in [0.3, 0.4) is 0 Å². The minimum absolute atomic E-state index is 0.0581. The van der Waals surface area contributed by atoms with Gasteiger partial charge in [-0.15, -0.1) is 11.3 Å². The van der Waals surface area contributed by atoms with Gasteiger partial charge in [-0.3, -0.25) is 4.79 Å². The van der Waals surface area contributed by atoms with Crippen LogP contribution in [-0.2, 0) is 11.2 Å². The van der Waals surface area contributed by atoms with Gasteiger partial charge in [-0.25, -0.2) is 9.71 Å². The predicted molar refractivity (Wildman–Crippen MR) is 150 cm³/mol. The number of nitrogens with one attached hydrogen (secondary N) is 2. The lowest BCUT2D eigenvalue weighted by Crippen LogP contribution is -2.18. The van der Waals surface area contributed by atoms with Crippen molar-refractivity contribution in [3.63, 3.8) is 0 Å². The second kappa shape index (κ2) is 13.6. The monoisotopic (exact) mass is 522 g/mol. The molecule has 36 heavy (non-hydrogen) atoms. The van der Waals surface area contributed by atoms with Crippen molar-refractivity contribution in [2.24, 2.45) is 16.6 Å². The molecule has 1 unspecified atom stereocenters. The Labute approximate surface area is 219 Å². The summed E-state index contributed by atoms with van der Waals surface area (Å²) in [5.41, 5.74) is 14.5. The van der Waals surface area contributed by atoms with Gasteiger partial charge in [0.05, 0.1) is 16.6 Å². The Balaban J connectivity index is 1.86. The fourth-order valence-corrected chi connectivity index (χ4v) is 5.23. The number of nitrogens with two attached hydrogens (primary N) is 2. The van der Waals surface area contributed by atoms with Gasteiger partial charge in [0.2, 0.25) is 5.91 Å². The number of benzene rings is 2. The number of amides is 1. The van der Waals surface area contributed by atoms with Crippen LogP contribution in [-0.4, -0.2) is 28.5 Å². The molecular weight excluding hydrogens is 492 g/mol. The largest absolute Gasteiger partial charge is 0.409 e. The highest BCUT2D eigenvalue weighted by atomic mass is 32.2. The summed E-state index contributed by atoms with van der Waals surface area (Å²) in [6, 6.07) is 15.0. The van der Waals surface area contributed by atoms with Crippen molar-refractivity contribution in [1.29, 1.82) is 0 Å². The molecule has 0 bridgehead atoms. The van der Waals surface area contributed by atoms with Crippen molar-refractivity contribution in [1.82, 2.24) is 9.71 Å². The number of hydrogen-bond acceptors (Lipinski definition) is 8. The molecule has 0 radical (unpaired) electrons. The smallest absolute Gasteiger partial charge is 0.225 e. The van der Waals surface area contributed by atoms with E-state index >= 15 is 0 Å². The van der Waals surface area contributed by atoms with Crippen LogP contribution in [0.15, 0.2) is 71.2 Å². The van der Waals surface area contributed by atoms with Gasteiger partial charge < -0.3 is 22.0 Å². The maximum Gasteiger partial charge on any atom is 0.225 e. The zero-order chi connectivity index (χ0) is 25.9. The maximum absolute atomic E-state index is 11.9. The van der Waals surface area contributed by atoms with Gasteiger partial charge in [-0.1, -0.05) is 42.1 Å². The molecule has 188 valence electrons. The molecule has 3 rings (SSSR count). The van der Waals surface area contributed by atoms with E-state index in [1.807, 2.05) is 67.6 Å². The Morgan fingerprint density at radius 1 is 1.31 bits per heavy atom. The lowest BCUT2D eigenvalue weighted by atomic mass is 10.0. The molecule has 3 aromatic rings. The average molecular weight is 523 g/mol. The molecule has 0 fully saturated rings. The van der Waals surface area contributed by atoms with E-state index in [1.165, 1.54) is 11.9 Å². The number of carbonyl (C=O) groups excluding carboxylic acids is 1. The Hall–Kier alpha value is -3.44. The van der Waals surface area contributed by atoms with Crippen LogP contribution >= 0.6 is 23.3 Å². The summed E-state index contributed by atoms with van der Waals surface area (Å²) in [5, 5.41) is 15.9. The molecule has 2 aromatic carbocycles. The molecule has 7 N–H and O–H groups in total. The van der Waals surface area contributed by atoms with Crippen LogP contribution in [0.25, 0.3) is 12.2 Å². The highest BCUT2D eigenvalue weighted by molar-refractivity contribution is 7.97. The minimum atomic E-state index is -0.143. The zero-order valence-corrected chi connectivity index (χ0v) is 21.6. The lowest BCUT2D eigenvalue weighted by Gasteiger charge is -2.17. The average Bonchev–Trinajstić information content (AvgIpc) is 3.29. The van der Waals surface area contributed by atoms with E-state index in [2.05, 4.69) is 21.8 Å². The third-order valence-electron chi connectivity index (χ3n) is 5.08. The molecule has 0 aliphatic heterocycles. The van der Waals surface area contributed by atoms with E-state index in [0.717, 1.165) is 26.0 Å². The first kappa shape index (κ1) is 27.2. The van der Waals surface area contributed by atoms with Crippen molar-refractivity contribution < 1.29 is 10.0 Å². The summed E-state index contributed by atoms with van der Waals surface area (Å²) in [4.78, 5) is 18.7. The van der Waals surface area contributed by atoms with Crippen LogP contribution < -0.4 is 21.5 Å². The van der Waals surface area contributed by atoms with Gasteiger partial charge in [-0.05, 0) is 67.3 Å². The van der Waals surface area contributed by atoms with Crippen LogP contribution in [0.1, 0.15) is 46.1 Å². The number of oxime groups is 1. The van der Waals surface area contributed by atoms with Gasteiger partial charge in [0.1, 0.15) is 5.01 Å². The Kier molecular flexibility index (Phi) is 10.3. The van der Waals surface area contributed by atoms with Crippen molar-refractivity contribution >= 4 is 52.9 Å². The number of hydrogen-bond donors (Lipinski definition) is 5. The molecule has 0 saturated carbocycles. The van der Waals surface area contributed by atoms with Gasteiger partial charge in [0.15, 0.2) is 5.84 Å². The first-order chi connectivity index (χ1) is 17.5. The second-order valence-corrected chi connectivity index (χ2v) is 9.76. The van der Waals surface area contributed by atoms with Crippen molar-refractivity contribution in [2.75, 3.05) is 11.9 Å².